The van der Waals surface area contributed by atoms with Crippen molar-refractivity contribution in [1.29, 1.82) is 0 Å². The molecule has 0 radical (unpaired) electrons. The van der Waals surface area contributed by atoms with Crippen LogP contribution in [-0.2, 0) is 9.47 Å². The lowest BCUT2D eigenvalue weighted by Gasteiger charge is -2.25. The summed E-state index contributed by atoms with van der Waals surface area (Å²) in [6.45, 7) is 3.14. The van der Waals surface area contributed by atoms with Crippen molar-refractivity contribution in [3.05, 3.63) is 0 Å². The first-order valence-corrected chi connectivity index (χ1v) is 7.11. The van der Waals surface area contributed by atoms with Crippen LogP contribution in [0.1, 0.15) is 0 Å². The molecule has 0 aromatic rings. The molecule has 0 aromatic heterocycles. The van der Waals surface area contributed by atoms with Crippen molar-refractivity contribution in [2.45, 2.75) is 1.55 Å². The Bertz CT molecular complexity index is 251. The summed E-state index contributed by atoms with van der Waals surface area (Å²) < 4.78 is 9.83. The molecule has 1 rings (SSSR count). The van der Waals surface area contributed by atoms with Gasteiger partial charge < -0.3 is 14.4 Å². The molecule has 0 unspecified atom stereocenters. The molecule has 7 heteroatoms. The second kappa shape index (κ2) is 6.55. The Balaban J connectivity index is 2.59. The monoisotopic (exact) mass is 454 g/mol. The van der Waals surface area contributed by atoms with Crippen molar-refractivity contribution in [2.24, 2.45) is 0 Å². The molecular formula is C9H16I2N2O3. The smallest absolute Gasteiger partial charge is 0.322 e. The molecular weight excluding hydrogens is 438 g/mol. The van der Waals surface area contributed by atoms with E-state index in [1.54, 1.807) is 14.2 Å². The predicted molar refractivity (Wildman–Crippen MR) is 78.2 cm³/mol. The summed E-state index contributed by atoms with van der Waals surface area (Å²) in [6.07, 6.45) is 0. The Morgan fingerprint density at radius 3 is 2.38 bits per heavy atom. The summed E-state index contributed by atoms with van der Waals surface area (Å²) >= 11 is 4.61. The van der Waals surface area contributed by atoms with Gasteiger partial charge in [0.25, 0.3) is 0 Å². The number of alkyl halides is 2. The maximum atomic E-state index is 12.1. The topological polar surface area (TPSA) is 42.0 Å². The summed E-state index contributed by atoms with van der Waals surface area (Å²) in [5.74, 6) is 0. The maximum Gasteiger partial charge on any atom is 0.322 e. The third-order valence-corrected chi connectivity index (χ3v) is 4.21. The molecule has 5 nitrogen and oxygen atoms in total. The minimum Gasteiger partial charge on any atom is -0.383 e. The Morgan fingerprint density at radius 2 is 1.81 bits per heavy atom. The number of rotatable bonds is 6. The molecule has 1 saturated heterocycles. The van der Waals surface area contributed by atoms with Crippen molar-refractivity contribution < 1.29 is 14.3 Å². The standard InChI is InChI=1S/C9H16I2N2O3/c1-15-5-3-12-7-9(10,11)13(8(12)14)4-6-16-2/h3-7H2,1-2H3. The van der Waals surface area contributed by atoms with E-state index in [0.717, 1.165) is 6.54 Å². The van der Waals surface area contributed by atoms with Crippen LogP contribution in [0.2, 0.25) is 0 Å². The van der Waals surface area contributed by atoms with Crippen molar-refractivity contribution >= 4 is 51.2 Å². The zero-order valence-corrected chi connectivity index (χ0v) is 13.7. The van der Waals surface area contributed by atoms with Crippen LogP contribution in [0.5, 0.6) is 0 Å². The Morgan fingerprint density at radius 1 is 1.25 bits per heavy atom. The fourth-order valence-corrected chi connectivity index (χ4v) is 3.23. The van der Waals surface area contributed by atoms with Crippen LogP contribution in [0.15, 0.2) is 0 Å². The van der Waals surface area contributed by atoms with Gasteiger partial charge in [-0.3, -0.25) is 4.90 Å². The highest BCUT2D eigenvalue weighted by Gasteiger charge is 2.45. The van der Waals surface area contributed by atoms with Gasteiger partial charge in [0.05, 0.1) is 19.8 Å². The fraction of sp³-hybridized carbons (Fsp3) is 0.889. The van der Waals surface area contributed by atoms with Gasteiger partial charge in [-0.15, -0.1) is 0 Å². The highest BCUT2D eigenvalue weighted by Crippen LogP contribution is 2.38. The van der Waals surface area contributed by atoms with Gasteiger partial charge in [0.1, 0.15) is 0 Å². The SMILES string of the molecule is COCCN1CC(I)(I)N(CCOC)C1=O. The molecule has 16 heavy (non-hydrogen) atoms. The average molecular weight is 454 g/mol. The number of nitrogens with zero attached hydrogens (tertiary/aromatic N) is 2. The minimum absolute atomic E-state index is 0.0675. The van der Waals surface area contributed by atoms with Crippen molar-refractivity contribution in [1.82, 2.24) is 9.80 Å². The first-order valence-electron chi connectivity index (χ1n) is 4.95. The second-order valence-corrected chi connectivity index (χ2v) is 9.14. The van der Waals surface area contributed by atoms with Crippen LogP contribution < -0.4 is 0 Å². The Kier molecular flexibility index (Phi) is 6.02. The molecule has 1 aliphatic rings. The molecule has 0 aliphatic carbocycles. The van der Waals surface area contributed by atoms with Gasteiger partial charge in [-0.25, -0.2) is 4.79 Å². The molecule has 1 aliphatic heterocycles. The summed E-state index contributed by atoms with van der Waals surface area (Å²) in [4.78, 5) is 15.7. The molecule has 0 spiro atoms. The van der Waals surface area contributed by atoms with Gasteiger partial charge in [-0.1, -0.05) is 0 Å². The van der Waals surface area contributed by atoms with Crippen molar-refractivity contribution in [3.8, 4) is 0 Å². The van der Waals surface area contributed by atoms with Crippen LogP contribution in [0.4, 0.5) is 4.79 Å². The molecule has 1 heterocycles. The third kappa shape index (κ3) is 3.57. The first-order chi connectivity index (χ1) is 7.53. The highest BCUT2D eigenvalue weighted by atomic mass is 127. The molecule has 94 valence electrons. The predicted octanol–water partition coefficient (Wildman–Crippen LogP) is 1.54. The van der Waals surface area contributed by atoms with E-state index >= 15 is 0 Å². The van der Waals surface area contributed by atoms with Gasteiger partial charge in [0, 0.05) is 27.3 Å². The zero-order chi connectivity index (χ0) is 12.2. The lowest BCUT2D eigenvalue weighted by molar-refractivity contribution is 0.142. The number of carbonyl (C=O) groups excluding carboxylic acids is 1. The van der Waals surface area contributed by atoms with E-state index in [4.69, 9.17) is 9.47 Å². The average Bonchev–Trinajstić information content (AvgIpc) is 2.44. The van der Waals surface area contributed by atoms with E-state index in [9.17, 15) is 4.79 Å². The molecule has 0 bridgehead atoms. The van der Waals surface area contributed by atoms with E-state index in [0.29, 0.717) is 26.3 Å². The lowest BCUT2D eigenvalue weighted by atomic mass is 10.5. The van der Waals surface area contributed by atoms with Crippen molar-refractivity contribution in [2.75, 3.05) is 47.1 Å². The number of carbonyl (C=O) groups is 1. The van der Waals surface area contributed by atoms with Crippen LogP contribution in [0, 0.1) is 0 Å². The van der Waals surface area contributed by atoms with Gasteiger partial charge >= 0.3 is 6.03 Å². The number of amides is 2. The summed E-state index contributed by atoms with van der Waals surface area (Å²) in [6, 6.07) is 0.0675. The van der Waals surface area contributed by atoms with E-state index in [-0.39, 0.29) is 7.58 Å². The minimum atomic E-state index is -0.182. The second-order valence-electron chi connectivity index (χ2n) is 3.51. The third-order valence-electron chi connectivity index (χ3n) is 2.36. The van der Waals surface area contributed by atoms with Crippen LogP contribution in [0.3, 0.4) is 0 Å². The van der Waals surface area contributed by atoms with Gasteiger partial charge in [-0.05, 0) is 45.2 Å². The van der Waals surface area contributed by atoms with Crippen LogP contribution >= 0.6 is 45.2 Å². The number of methoxy groups -OCH3 is 2. The summed E-state index contributed by atoms with van der Waals surface area (Å²) in [5.41, 5.74) is 0. The first kappa shape index (κ1) is 14.7. The number of urea groups is 1. The normalized spacial score (nSPS) is 19.6. The van der Waals surface area contributed by atoms with E-state index in [1.807, 2.05) is 9.80 Å². The summed E-state index contributed by atoms with van der Waals surface area (Å²) in [5, 5.41) is 0. The maximum absolute atomic E-state index is 12.1. The van der Waals surface area contributed by atoms with E-state index < -0.39 is 0 Å². The Labute approximate surface area is 123 Å². The molecule has 2 amide bonds. The van der Waals surface area contributed by atoms with Gasteiger partial charge in [0.2, 0.25) is 0 Å². The van der Waals surface area contributed by atoms with Crippen molar-refractivity contribution in [3.63, 3.8) is 0 Å². The lowest BCUT2D eigenvalue weighted by Crippen LogP contribution is -2.39. The largest absolute Gasteiger partial charge is 0.383 e. The zero-order valence-electron chi connectivity index (χ0n) is 9.41. The molecule has 1 fully saturated rings. The number of hydrogen-bond donors (Lipinski definition) is 0. The molecule has 0 N–H and O–H groups in total. The highest BCUT2D eigenvalue weighted by molar-refractivity contribution is 14.2. The van der Waals surface area contributed by atoms with Crippen LogP contribution in [-0.4, -0.2) is 64.5 Å². The quantitative estimate of drug-likeness (QED) is 0.348. The van der Waals surface area contributed by atoms with Gasteiger partial charge in [0.15, 0.2) is 1.55 Å². The number of hydrogen-bond acceptors (Lipinski definition) is 3. The van der Waals surface area contributed by atoms with Gasteiger partial charge in [-0.2, -0.15) is 0 Å². The number of halogens is 2. The molecule has 0 saturated carbocycles. The number of ether oxygens (including phenoxy) is 2. The van der Waals surface area contributed by atoms with E-state index in [1.165, 1.54) is 0 Å². The fourth-order valence-electron chi connectivity index (χ4n) is 1.51. The van der Waals surface area contributed by atoms with E-state index in [2.05, 4.69) is 45.2 Å². The molecule has 0 atom stereocenters. The van der Waals surface area contributed by atoms with Crippen LogP contribution in [0.25, 0.3) is 0 Å². The molecule has 0 aromatic carbocycles. The summed E-state index contributed by atoms with van der Waals surface area (Å²) in [7, 11) is 3.29. The Hall–Kier alpha value is 0.650.